The van der Waals surface area contributed by atoms with Gasteiger partial charge < -0.3 is 11.5 Å². The van der Waals surface area contributed by atoms with Gasteiger partial charge in [0.25, 0.3) is 0 Å². The molecule has 0 aliphatic heterocycles. The maximum Gasteiger partial charge on any atom is 0.381 e. The summed E-state index contributed by atoms with van der Waals surface area (Å²) in [5.41, 5.74) is 11.6. The summed E-state index contributed by atoms with van der Waals surface area (Å²) in [6, 6.07) is 10.6. The van der Waals surface area contributed by atoms with Gasteiger partial charge in [-0.25, -0.2) is 0 Å². The van der Waals surface area contributed by atoms with Crippen LogP contribution in [-0.2, 0) is 0 Å². The number of thioether (sulfide) groups is 2. The summed E-state index contributed by atoms with van der Waals surface area (Å²) < 4.78 is 85.0. The van der Waals surface area contributed by atoms with Crippen LogP contribution in [-0.4, -0.2) is 17.8 Å². The Bertz CT molecular complexity index is 808. The minimum atomic E-state index is -5.55. The van der Waals surface area contributed by atoms with E-state index in [-0.39, 0.29) is 33.3 Å². The molecule has 1 aliphatic rings. The Kier molecular flexibility index (Phi) is 4.84. The number of alkyl halides is 6. The van der Waals surface area contributed by atoms with E-state index < -0.39 is 27.6 Å². The second-order valence-electron chi connectivity index (χ2n) is 5.72. The molecule has 10 heteroatoms. The number of hydrogen-bond acceptors (Lipinski definition) is 4. The molecule has 0 heterocycles. The summed E-state index contributed by atoms with van der Waals surface area (Å²) in [6.45, 7) is 0. The summed E-state index contributed by atoms with van der Waals surface area (Å²) in [4.78, 5) is -2.60. The van der Waals surface area contributed by atoms with E-state index in [9.17, 15) is 26.3 Å². The highest BCUT2D eigenvalue weighted by atomic mass is 32.2. The number of nitrogen functional groups attached to an aromatic ring is 2. The minimum Gasteiger partial charge on any atom is -0.399 e. The van der Waals surface area contributed by atoms with Gasteiger partial charge in [-0.2, -0.15) is 26.3 Å². The quantitative estimate of drug-likeness (QED) is 0.478. The van der Waals surface area contributed by atoms with Gasteiger partial charge in [0.2, 0.25) is 0 Å². The molecule has 0 saturated heterocycles. The molecule has 0 amide bonds. The van der Waals surface area contributed by atoms with Crippen molar-refractivity contribution in [3.63, 3.8) is 0 Å². The highest BCUT2D eigenvalue weighted by Gasteiger charge is 2.80. The number of hydrogen-bond donors (Lipinski definition) is 2. The van der Waals surface area contributed by atoms with Crippen LogP contribution in [0.2, 0.25) is 0 Å². The maximum atomic E-state index is 14.3. The van der Waals surface area contributed by atoms with Gasteiger partial charge in [0.15, 0.2) is 0 Å². The fraction of sp³-hybridized carbons (Fsp3) is 0.176. The summed E-state index contributed by atoms with van der Waals surface area (Å²) in [6.07, 6.45) is 0. The molecule has 4 N–H and O–H groups in total. The zero-order valence-corrected chi connectivity index (χ0v) is 15.0. The number of rotatable bonds is 4. The first-order valence-corrected chi connectivity index (χ1v) is 9.05. The summed E-state index contributed by atoms with van der Waals surface area (Å²) in [5, 5.41) is 0. The van der Waals surface area contributed by atoms with Crippen molar-refractivity contribution < 1.29 is 26.3 Å². The largest absolute Gasteiger partial charge is 0.399 e. The van der Waals surface area contributed by atoms with E-state index in [4.69, 9.17) is 11.5 Å². The smallest absolute Gasteiger partial charge is 0.381 e. The Morgan fingerprint density at radius 2 is 0.852 bits per heavy atom. The van der Waals surface area contributed by atoms with Gasteiger partial charge in [0.1, 0.15) is 0 Å². The Hall–Kier alpha value is -1.94. The summed E-state index contributed by atoms with van der Waals surface area (Å²) in [7, 11) is 0. The lowest BCUT2D eigenvalue weighted by atomic mass is 10.2. The third-order valence-electron chi connectivity index (χ3n) is 3.77. The maximum absolute atomic E-state index is 14.3. The Morgan fingerprint density at radius 1 is 0.556 bits per heavy atom. The van der Waals surface area contributed by atoms with Crippen LogP contribution in [0.25, 0.3) is 0 Å². The fourth-order valence-corrected chi connectivity index (χ4v) is 4.52. The molecule has 2 nitrogen and oxygen atoms in total. The second kappa shape index (κ2) is 6.59. The molecule has 3 rings (SSSR count). The van der Waals surface area contributed by atoms with E-state index in [1.165, 1.54) is 48.5 Å². The SMILES string of the molecule is Nc1ccc(SC2=C(Sc3ccc(N)cc3)C(F)(F)C(F)(F)C2(F)F)cc1. The van der Waals surface area contributed by atoms with Crippen molar-refractivity contribution in [3.8, 4) is 0 Å². The molecule has 27 heavy (non-hydrogen) atoms. The van der Waals surface area contributed by atoms with Crippen molar-refractivity contribution in [1.29, 1.82) is 0 Å². The van der Waals surface area contributed by atoms with Crippen molar-refractivity contribution in [2.75, 3.05) is 11.5 Å². The third-order valence-corrected chi connectivity index (χ3v) is 6.24. The molecule has 0 aromatic heterocycles. The summed E-state index contributed by atoms with van der Waals surface area (Å²) in [5.74, 6) is -15.6. The average Bonchev–Trinajstić information content (AvgIpc) is 2.69. The molecular weight excluding hydrogens is 410 g/mol. The first-order chi connectivity index (χ1) is 12.5. The summed E-state index contributed by atoms with van der Waals surface area (Å²) >= 11 is 0.341. The number of allylic oxidation sites excluding steroid dienone is 2. The van der Waals surface area contributed by atoms with Crippen LogP contribution in [0.1, 0.15) is 0 Å². The molecule has 0 spiro atoms. The number of anilines is 2. The van der Waals surface area contributed by atoms with E-state index >= 15 is 0 Å². The second-order valence-corrected chi connectivity index (χ2v) is 7.89. The van der Waals surface area contributed by atoms with Gasteiger partial charge in [0.05, 0.1) is 9.81 Å². The molecule has 1 aliphatic carbocycles. The van der Waals surface area contributed by atoms with Gasteiger partial charge in [-0.1, -0.05) is 23.5 Å². The zero-order valence-electron chi connectivity index (χ0n) is 13.4. The van der Waals surface area contributed by atoms with Gasteiger partial charge in [0, 0.05) is 21.2 Å². The fourth-order valence-electron chi connectivity index (χ4n) is 2.30. The van der Waals surface area contributed by atoms with Crippen LogP contribution in [0.3, 0.4) is 0 Å². The molecule has 0 radical (unpaired) electrons. The van der Waals surface area contributed by atoms with E-state index in [0.29, 0.717) is 11.4 Å². The molecular formula is C17H12F6N2S2. The molecule has 0 saturated carbocycles. The average molecular weight is 422 g/mol. The van der Waals surface area contributed by atoms with Crippen LogP contribution < -0.4 is 11.5 Å². The molecule has 2 aromatic rings. The Morgan fingerprint density at radius 3 is 1.15 bits per heavy atom. The highest BCUT2D eigenvalue weighted by molar-refractivity contribution is 8.07. The topological polar surface area (TPSA) is 52.0 Å². The molecule has 0 bridgehead atoms. The first-order valence-electron chi connectivity index (χ1n) is 7.42. The van der Waals surface area contributed by atoms with Crippen LogP contribution in [0.15, 0.2) is 68.1 Å². The van der Waals surface area contributed by atoms with Crippen LogP contribution in [0.4, 0.5) is 37.7 Å². The molecule has 2 aromatic carbocycles. The first kappa shape index (κ1) is 19.8. The monoisotopic (exact) mass is 422 g/mol. The third kappa shape index (κ3) is 3.25. The predicted molar refractivity (Wildman–Crippen MR) is 95.3 cm³/mol. The lowest BCUT2D eigenvalue weighted by Crippen LogP contribution is -2.48. The number of benzene rings is 2. The minimum absolute atomic E-state index is 0.0859. The molecule has 0 fully saturated rings. The van der Waals surface area contributed by atoms with Gasteiger partial charge in [-0.3, -0.25) is 0 Å². The number of nitrogens with two attached hydrogens (primary N) is 2. The van der Waals surface area contributed by atoms with E-state index in [1.54, 1.807) is 0 Å². The van der Waals surface area contributed by atoms with Crippen molar-refractivity contribution in [2.45, 2.75) is 27.6 Å². The van der Waals surface area contributed by atoms with Gasteiger partial charge in [-0.05, 0) is 48.5 Å². The molecule has 0 unspecified atom stereocenters. The van der Waals surface area contributed by atoms with Crippen LogP contribution >= 0.6 is 23.5 Å². The standard InChI is InChI=1S/C17H12F6N2S2/c18-15(19)13(26-11-5-1-9(24)2-6-11)14(16(20,21)17(15,22)23)27-12-7-3-10(25)4-8-12/h1-8H,24-25H2. The van der Waals surface area contributed by atoms with Crippen molar-refractivity contribution in [2.24, 2.45) is 0 Å². The Labute approximate surface area is 159 Å². The highest BCUT2D eigenvalue weighted by Crippen LogP contribution is 2.65. The van der Waals surface area contributed by atoms with E-state index in [0.717, 1.165) is 0 Å². The number of halogens is 6. The van der Waals surface area contributed by atoms with Crippen LogP contribution in [0.5, 0.6) is 0 Å². The Balaban J connectivity index is 2.09. The molecule has 0 atom stereocenters. The lowest BCUT2D eigenvalue weighted by Gasteiger charge is -2.25. The normalized spacial score (nSPS) is 20.1. The van der Waals surface area contributed by atoms with Gasteiger partial charge >= 0.3 is 17.8 Å². The van der Waals surface area contributed by atoms with Gasteiger partial charge in [-0.15, -0.1) is 0 Å². The predicted octanol–water partition coefficient (Wildman–Crippen LogP) is 5.87. The van der Waals surface area contributed by atoms with Crippen molar-refractivity contribution in [1.82, 2.24) is 0 Å². The van der Waals surface area contributed by atoms with E-state index in [2.05, 4.69) is 0 Å². The van der Waals surface area contributed by atoms with Crippen LogP contribution in [0, 0.1) is 0 Å². The molecule has 144 valence electrons. The van der Waals surface area contributed by atoms with Crippen molar-refractivity contribution >= 4 is 34.9 Å². The van der Waals surface area contributed by atoms with Crippen molar-refractivity contribution in [3.05, 3.63) is 58.3 Å². The van der Waals surface area contributed by atoms with E-state index in [1.807, 2.05) is 0 Å². The zero-order chi connectivity index (χ0) is 20.0. The lowest BCUT2D eigenvalue weighted by molar-refractivity contribution is -0.261.